The van der Waals surface area contributed by atoms with Gasteiger partial charge in [0.15, 0.2) is 0 Å². The van der Waals surface area contributed by atoms with Gasteiger partial charge in [-0.1, -0.05) is 0 Å². The topological polar surface area (TPSA) is 0 Å². The zero-order valence-electron chi connectivity index (χ0n) is 12.8. The molecule has 21 heavy (non-hydrogen) atoms. The molecule has 0 fully saturated rings. The molecule has 1 unspecified atom stereocenters. The van der Waals surface area contributed by atoms with Gasteiger partial charge in [-0.2, -0.15) is 0 Å². The zero-order valence-corrected chi connectivity index (χ0v) is 16.4. The molecule has 2 aromatic carbocycles. The summed E-state index contributed by atoms with van der Waals surface area (Å²) in [6.07, 6.45) is 8.81. The first-order chi connectivity index (χ1) is 10.3. The number of rotatable bonds is 2. The molecular formula is C20H21Hf. The molecule has 2 aromatic rings. The van der Waals surface area contributed by atoms with Crippen molar-refractivity contribution < 1.29 is 21.4 Å². The van der Waals surface area contributed by atoms with E-state index in [2.05, 4.69) is 57.9 Å². The number of benzene rings is 2. The van der Waals surface area contributed by atoms with Crippen molar-refractivity contribution in [3.8, 4) is 11.1 Å². The van der Waals surface area contributed by atoms with E-state index in [1.165, 1.54) is 30.4 Å². The van der Waals surface area contributed by atoms with Crippen LogP contribution in [0.3, 0.4) is 0 Å². The number of allylic oxidation sites excluding steroid dienone is 1. The van der Waals surface area contributed by atoms with Crippen LogP contribution in [-0.2, 0) is 34.3 Å². The van der Waals surface area contributed by atoms with Crippen LogP contribution >= 0.6 is 0 Å². The zero-order chi connectivity index (χ0) is 14.4. The fraction of sp³-hybridized carbons (Fsp3) is 0.300. The van der Waals surface area contributed by atoms with E-state index >= 15 is 0 Å². The Balaban J connectivity index is 1.98. The first kappa shape index (κ1) is 13.7. The molecule has 0 saturated carbocycles. The van der Waals surface area contributed by atoms with E-state index in [1.54, 1.807) is 22.3 Å². The first-order valence-corrected chi connectivity index (χ1v) is 17.2. The van der Waals surface area contributed by atoms with Crippen molar-refractivity contribution in [2.75, 3.05) is 0 Å². The molecule has 0 saturated heterocycles. The van der Waals surface area contributed by atoms with Gasteiger partial charge in [-0.3, -0.25) is 0 Å². The van der Waals surface area contributed by atoms with Gasteiger partial charge in [0.25, 0.3) is 0 Å². The summed E-state index contributed by atoms with van der Waals surface area (Å²) >= 11 is -1.41. The minimum absolute atomic E-state index is 0.804. The normalized spacial score (nSPS) is 18.7. The predicted octanol–water partition coefficient (Wildman–Crippen LogP) is 5.62. The van der Waals surface area contributed by atoms with Crippen LogP contribution in [-0.4, -0.2) is 0 Å². The van der Waals surface area contributed by atoms with Crippen molar-refractivity contribution in [1.82, 2.24) is 0 Å². The molecule has 0 bridgehead atoms. The maximum absolute atomic E-state index is 2.56. The van der Waals surface area contributed by atoms with E-state index in [9.17, 15) is 0 Å². The van der Waals surface area contributed by atoms with Crippen LogP contribution in [0.15, 0.2) is 42.5 Å². The van der Waals surface area contributed by atoms with E-state index in [4.69, 9.17) is 0 Å². The molecular weight excluding hydrogens is 419 g/mol. The van der Waals surface area contributed by atoms with E-state index in [0.717, 1.165) is 3.67 Å². The average Bonchev–Trinajstić information content (AvgIpc) is 3.11. The van der Waals surface area contributed by atoms with Crippen molar-refractivity contribution in [1.29, 1.82) is 0 Å². The molecule has 0 amide bonds. The van der Waals surface area contributed by atoms with Gasteiger partial charge in [0.1, 0.15) is 0 Å². The second-order valence-electron chi connectivity index (χ2n) is 6.53. The van der Waals surface area contributed by atoms with Crippen LogP contribution < -0.4 is 0 Å². The van der Waals surface area contributed by atoms with Gasteiger partial charge in [0, 0.05) is 0 Å². The van der Waals surface area contributed by atoms with E-state index < -0.39 is 21.4 Å². The van der Waals surface area contributed by atoms with Crippen molar-refractivity contribution in [3.05, 3.63) is 64.7 Å². The third-order valence-corrected chi connectivity index (χ3v) is 11.2. The van der Waals surface area contributed by atoms with Crippen molar-refractivity contribution in [3.63, 3.8) is 0 Å². The summed E-state index contributed by atoms with van der Waals surface area (Å²) in [7, 11) is 0. The van der Waals surface area contributed by atoms with E-state index in [-0.39, 0.29) is 0 Å². The molecule has 0 spiro atoms. The van der Waals surface area contributed by atoms with Gasteiger partial charge in [0.2, 0.25) is 0 Å². The number of hydrogen-bond acceptors (Lipinski definition) is 0. The Morgan fingerprint density at radius 3 is 2.62 bits per heavy atom. The van der Waals surface area contributed by atoms with Gasteiger partial charge < -0.3 is 0 Å². The van der Waals surface area contributed by atoms with Crippen LogP contribution in [0, 0.1) is 0 Å². The first-order valence-electron chi connectivity index (χ1n) is 7.98. The Labute approximate surface area is 135 Å². The van der Waals surface area contributed by atoms with Crippen molar-refractivity contribution >= 4 is 6.08 Å². The number of fused-ring (bicyclic) bond motifs is 2. The second kappa shape index (κ2) is 5.35. The molecule has 105 valence electrons. The van der Waals surface area contributed by atoms with Gasteiger partial charge >= 0.3 is 136 Å². The molecule has 2 aliphatic carbocycles. The molecule has 4 rings (SSSR count). The molecule has 0 aromatic heterocycles. The van der Waals surface area contributed by atoms with Crippen molar-refractivity contribution in [2.24, 2.45) is 0 Å². The Morgan fingerprint density at radius 1 is 1.05 bits per heavy atom. The predicted molar refractivity (Wildman–Crippen MR) is 87.4 cm³/mol. The van der Waals surface area contributed by atoms with E-state index in [1.807, 2.05) is 0 Å². The molecule has 0 nitrogen and oxygen atoms in total. The summed E-state index contributed by atoms with van der Waals surface area (Å²) in [6.45, 7) is 0. The van der Waals surface area contributed by atoms with Crippen molar-refractivity contribution in [2.45, 2.75) is 32.3 Å². The molecule has 0 aliphatic heterocycles. The molecule has 0 N–H and O–H groups in total. The second-order valence-corrected chi connectivity index (χ2v) is 16.5. The number of aryl methyl sites for hydroxylation is 1. The summed E-state index contributed by atoms with van der Waals surface area (Å²) < 4.78 is 5.90. The Bertz CT molecular complexity index is 710. The minimum atomic E-state index is -1.41. The van der Waals surface area contributed by atoms with Gasteiger partial charge in [-0.25, -0.2) is 0 Å². The SMILES string of the molecule is [CH3][Hf]([CH3])[CH]1C=Cc2c1cc1c(c2-c2ccccc2)CCC1. The van der Waals surface area contributed by atoms with Crippen LogP contribution in [0.25, 0.3) is 17.2 Å². The molecule has 1 atom stereocenters. The van der Waals surface area contributed by atoms with Gasteiger partial charge in [-0.15, -0.1) is 0 Å². The monoisotopic (exact) mass is 441 g/mol. The van der Waals surface area contributed by atoms with Gasteiger partial charge in [-0.05, 0) is 0 Å². The third-order valence-electron chi connectivity index (χ3n) is 4.95. The molecule has 1 heteroatoms. The third kappa shape index (κ3) is 2.21. The quantitative estimate of drug-likeness (QED) is 0.532. The number of hydrogen-bond donors (Lipinski definition) is 0. The standard InChI is InChI=1S/C18H15.2CH3.Hf/c1-2-6-13(7-3-1)18-16-10-4-8-14(16)12-15-9-5-11-17(15)18;;;/h1-4,6-8,10,12H,5,9,11H2;2*1H3;. The average molecular weight is 440 g/mol. The summed E-state index contributed by atoms with van der Waals surface area (Å²) in [6, 6.07) is 13.6. The summed E-state index contributed by atoms with van der Waals surface area (Å²) in [4.78, 5) is 0. The molecule has 0 radical (unpaired) electrons. The summed E-state index contributed by atoms with van der Waals surface area (Å²) in [5.74, 6) is 0. The van der Waals surface area contributed by atoms with Crippen LogP contribution in [0.4, 0.5) is 0 Å². The maximum atomic E-state index is 2.56. The van der Waals surface area contributed by atoms with Crippen LogP contribution in [0.2, 0.25) is 9.36 Å². The Kier molecular flexibility index (Phi) is 3.49. The summed E-state index contributed by atoms with van der Waals surface area (Å²) in [5, 5.41) is 0. The fourth-order valence-corrected chi connectivity index (χ4v) is 8.78. The Hall–Kier alpha value is -0.950. The Morgan fingerprint density at radius 2 is 1.86 bits per heavy atom. The van der Waals surface area contributed by atoms with Crippen LogP contribution in [0.1, 0.15) is 32.3 Å². The van der Waals surface area contributed by atoms with Crippen LogP contribution in [0.5, 0.6) is 0 Å². The van der Waals surface area contributed by atoms with Gasteiger partial charge in [0.05, 0.1) is 0 Å². The molecule has 0 heterocycles. The molecule has 2 aliphatic rings. The fourth-order valence-electron chi connectivity index (χ4n) is 3.96. The summed E-state index contributed by atoms with van der Waals surface area (Å²) in [5.41, 5.74) is 9.42. The van der Waals surface area contributed by atoms with E-state index in [0.29, 0.717) is 0 Å².